The van der Waals surface area contributed by atoms with E-state index in [9.17, 15) is 0 Å². The fraction of sp³-hybridized carbons (Fsp3) is 0.500. The zero-order valence-corrected chi connectivity index (χ0v) is 11.3. The van der Waals surface area contributed by atoms with E-state index in [0.717, 1.165) is 36.2 Å². The van der Waals surface area contributed by atoms with Gasteiger partial charge in [-0.2, -0.15) is 0 Å². The van der Waals surface area contributed by atoms with Crippen LogP contribution in [-0.2, 0) is 22.6 Å². The van der Waals surface area contributed by atoms with Crippen LogP contribution >= 0.6 is 0 Å². The van der Waals surface area contributed by atoms with Gasteiger partial charge < -0.3 is 19.8 Å². The van der Waals surface area contributed by atoms with Gasteiger partial charge in [0.05, 0.1) is 13.2 Å². The van der Waals surface area contributed by atoms with Crippen LogP contribution in [0.15, 0.2) is 24.5 Å². The first-order valence-corrected chi connectivity index (χ1v) is 6.56. The molecule has 2 aromatic heterocycles. The average Bonchev–Trinajstić information content (AvgIpc) is 2.81. The summed E-state index contributed by atoms with van der Waals surface area (Å²) < 4.78 is 12.5. The van der Waals surface area contributed by atoms with E-state index in [4.69, 9.17) is 15.2 Å². The fourth-order valence-corrected chi connectivity index (χ4v) is 2.11. The lowest BCUT2D eigenvalue weighted by atomic mass is 10.2. The Morgan fingerprint density at radius 2 is 2.21 bits per heavy atom. The van der Waals surface area contributed by atoms with Crippen molar-refractivity contribution in [1.82, 2.24) is 9.55 Å². The Balaban J connectivity index is 1.93. The lowest BCUT2D eigenvalue weighted by Gasteiger charge is -2.05. The quantitative estimate of drug-likeness (QED) is 0.734. The van der Waals surface area contributed by atoms with Gasteiger partial charge in [-0.3, -0.25) is 0 Å². The number of fused-ring (bicyclic) bond motifs is 1. The summed E-state index contributed by atoms with van der Waals surface area (Å²) in [7, 11) is 1.68. The normalized spacial score (nSPS) is 11.3. The highest BCUT2D eigenvalue weighted by Gasteiger charge is 2.07. The molecular formula is C14H21N3O2. The third kappa shape index (κ3) is 3.53. The minimum Gasteiger partial charge on any atom is -0.382 e. The first-order chi connectivity index (χ1) is 9.36. The highest BCUT2D eigenvalue weighted by atomic mass is 16.5. The zero-order chi connectivity index (χ0) is 13.5. The van der Waals surface area contributed by atoms with E-state index in [-0.39, 0.29) is 0 Å². The Hall–Kier alpha value is -1.43. The van der Waals surface area contributed by atoms with Crippen LogP contribution in [0.5, 0.6) is 0 Å². The predicted octanol–water partition coefficient (Wildman–Crippen LogP) is 1.55. The molecule has 0 bridgehead atoms. The van der Waals surface area contributed by atoms with Crippen LogP contribution in [0, 0.1) is 0 Å². The van der Waals surface area contributed by atoms with Gasteiger partial charge in [0, 0.05) is 44.6 Å². The predicted molar refractivity (Wildman–Crippen MR) is 74.9 cm³/mol. The highest BCUT2D eigenvalue weighted by molar-refractivity contribution is 5.80. The third-order valence-electron chi connectivity index (χ3n) is 3.06. The Labute approximate surface area is 113 Å². The summed E-state index contributed by atoms with van der Waals surface area (Å²) in [5.74, 6) is 0. The number of nitrogens with zero attached hydrogens (tertiary/aromatic N) is 2. The minimum absolute atomic E-state index is 0.541. The van der Waals surface area contributed by atoms with E-state index < -0.39 is 0 Å². The van der Waals surface area contributed by atoms with Crippen LogP contribution in [0.4, 0.5) is 0 Å². The van der Waals surface area contributed by atoms with E-state index in [2.05, 4.69) is 21.8 Å². The molecule has 0 saturated heterocycles. The van der Waals surface area contributed by atoms with Gasteiger partial charge >= 0.3 is 0 Å². The molecule has 19 heavy (non-hydrogen) atoms. The molecule has 0 aliphatic carbocycles. The van der Waals surface area contributed by atoms with Crippen molar-refractivity contribution in [3.63, 3.8) is 0 Å². The van der Waals surface area contributed by atoms with Crippen molar-refractivity contribution in [1.29, 1.82) is 0 Å². The number of aromatic nitrogens is 2. The highest BCUT2D eigenvalue weighted by Crippen LogP contribution is 2.18. The maximum absolute atomic E-state index is 5.76. The second kappa shape index (κ2) is 7.23. The van der Waals surface area contributed by atoms with Gasteiger partial charge in [0.2, 0.25) is 0 Å². The number of aryl methyl sites for hydroxylation is 1. The first-order valence-electron chi connectivity index (χ1n) is 6.56. The average molecular weight is 263 g/mol. The van der Waals surface area contributed by atoms with Gasteiger partial charge in [0.25, 0.3) is 0 Å². The summed E-state index contributed by atoms with van der Waals surface area (Å²) in [6, 6.07) is 4.01. The summed E-state index contributed by atoms with van der Waals surface area (Å²) >= 11 is 0. The van der Waals surface area contributed by atoms with E-state index >= 15 is 0 Å². The molecule has 0 saturated carbocycles. The molecular weight excluding hydrogens is 242 g/mol. The maximum Gasteiger partial charge on any atom is 0.140 e. The Kier molecular flexibility index (Phi) is 5.32. The molecule has 104 valence electrons. The standard InChI is InChI=1S/C14H21N3O2/c1-18-8-9-19-7-3-6-17-11-12(10-15)13-4-2-5-16-14(13)17/h2,4-5,11H,3,6-10,15H2,1H3. The van der Waals surface area contributed by atoms with Gasteiger partial charge in [-0.1, -0.05) is 0 Å². The summed E-state index contributed by atoms with van der Waals surface area (Å²) in [6.07, 6.45) is 4.86. The third-order valence-corrected chi connectivity index (χ3v) is 3.06. The van der Waals surface area contributed by atoms with Gasteiger partial charge in [-0.05, 0) is 24.1 Å². The number of rotatable bonds is 8. The summed E-state index contributed by atoms with van der Waals surface area (Å²) in [5, 5.41) is 1.14. The van der Waals surface area contributed by atoms with Crippen LogP contribution in [0.1, 0.15) is 12.0 Å². The van der Waals surface area contributed by atoms with Crippen molar-refractivity contribution >= 4 is 11.0 Å². The number of ether oxygens (including phenoxy) is 2. The van der Waals surface area contributed by atoms with Crippen molar-refractivity contribution in [2.24, 2.45) is 5.73 Å². The maximum atomic E-state index is 5.76. The molecule has 0 unspecified atom stereocenters. The van der Waals surface area contributed by atoms with Crippen molar-refractivity contribution in [3.05, 3.63) is 30.1 Å². The number of hydrogen-bond acceptors (Lipinski definition) is 4. The smallest absolute Gasteiger partial charge is 0.140 e. The Bertz CT molecular complexity index is 510. The molecule has 5 heteroatoms. The fourth-order valence-electron chi connectivity index (χ4n) is 2.11. The molecule has 0 spiro atoms. The zero-order valence-electron chi connectivity index (χ0n) is 11.3. The van der Waals surface area contributed by atoms with E-state index in [0.29, 0.717) is 19.8 Å². The van der Waals surface area contributed by atoms with Crippen LogP contribution in [0.3, 0.4) is 0 Å². The van der Waals surface area contributed by atoms with Crippen LogP contribution in [-0.4, -0.2) is 36.5 Å². The Morgan fingerprint density at radius 3 is 3.00 bits per heavy atom. The largest absolute Gasteiger partial charge is 0.382 e. The van der Waals surface area contributed by atoms with E-state index in [1.165, 1.54) is 0 Å². The molecule has 0 atom stereocenters. The molecule has 0 radical (unpaired) electrons. The summed E-state index contributed by atoms with van der Waals surface area (Å²) in [6.45, 7) is 3.45. The summed E-state index contributed by atoms with van der Waals surface area (Å²) in [5.41, 5.74) is 7.90. The van der Waals surface area contributed by atoms with Gasteiger partial charge in [-0.25, -0.2) is 4.98 Å². The second-order valence-corrected chi connectivity index (χ2v) is 4.39. The number of pyridine rings is 1. The van der Waals surface area contributed by atoms with E-state index in [1.807, 2.05) is 12.3 Å². The number of nitrogens with two attached hydrogens (primary N) is 1. The molecule has 2 heterocycles. The molecule has 0 fully saturated rings. The molecule has 0 aliphatic rings. The van der Waals surface area contributed by atoms with Crippen LogP contribution < -0.4 is 5.73 Å². The molecule has 2 rings (SSSR count). The van der Waals surface area contributed by atoms with Gasteiger partial charge in [0.1, 0.15) is 5.65 Å². The summed E-state index contributed by atoms with van der Waals surface area (Å²) in [4.78, 5) is 4.42. The Morgan fingerprint density at radius 1 is 1.32 bits per heavy atom. The lowest BCUT2D eigenvalue weighted by Crippen LogP contribution is -2.06. The second-order valence-electron chi connectivity index (χ2n) is 4.39. The van der Waals surface area contributed by atoms with Crippen molar-refractivity contribution in [3.8, 4) is 0 Å². The van der Waals surface area contributed by atoms with Crippen molar-refractivity contribution in [2.45, 2.75) is 19.5 Å². The van der Waals surface area contributed by atoms with Crippen LogP contribution in [0.2, 0.25) is 0 Å². The number of methoxy groups -OCH3 is 1. The molecule has 5 nitrogen and oxygen atoms in total. The minimum atomic E-state index is 0.541. The topological polar surface area (TPSA) is 62.3 Å². The van der Waals surface area contributed by atoms with Crippen LogP contribution in [0.25, 0.3) is 11.0 Å². The van der Waals surface area contributed by atoms with Crippen molar-refractivity contribution in [2.75, 3.05) is 26.9 Å². The lowest BCUT2D eigenvalue weighted by molar-refractivity contribution is 0.0681. The SMILES string of the molecule is COCCOCCCn1cc(CN)c2cccnc21. The molecule has 0 amide bonds. The monoisotopic (exact) mass is 263 g/mol. The first kappa shape index (κ1) is 14.0. The van der Waals surface area contributed by atoms with Gasteiger partial charge in [-0.15, -0.1) is 0 Å². The van der Waals surface area contributed by atoms with Gasteiger partial charge in [0.15, 0.2) is 0 Å². The molecule has 0 aliphatic heterocycles. The molecule has 2 aromatic rings. The molecule has 0 aromatic carbocycles. The number of hydrogen-bond donors (Lipinski definition) is 1. The molecule has 2 N–H and O–H groups in total. The van der Waals surface area contributed by atoms with Crippen molar-refractivity contribution < 1.29 is 9.47 Å². The van der Waals surface area contributed by atoms with E-state index in [1.54, 1.807) is 7.11 Å².